The molecule has 2 aromatic rings. The molecule has 6 heteroatoms. The predicted molar refractivity (Wildman–Crippen MR) is 80.6 cm³/mol. The first-order valence-corrected chi connectivity index (χ1v) is 7.27. The van der Waals surface area contributed by atoms with Crippen LogP contribution in [0.25, 0.3) is 10.9 Å². The SMILES string of the molecule is CCOC(=O)c1c(O)c2cc(F)ccc2n1CCCCOC. The lowest BCUT2D eigenvalue weighted by molar-refractivity contribution is 0.0510. The number of aryl methyl sites for hydroxylation is 1. The second-order valence-corrected chi connectivity index (χ2v) is 4.93. The van der Waals surface area contributed by atoms with Gasteiger partial charge in [0.15, 0.2) is 11.4 Å². The average Bonchev–Trinajstić information content (AvgIpc) is 2.76. The fraction of sp³-hybridized carbons (Fsp3) is 0.438. The van der Waals surface area contributed by atoms with E-state index in [1.165, 1.54) is 12.1 Å². The van der Waals surface area contributed by atoms with E-state index in [9.17, 15) is 14.3 Å². The van der Waals surface area contributed by atoms with E-state index in [4.69, 9.17) is 9.47 Å². The van der Waals surface area contributed by atoms with E-state index in [-0.39, 0.29) is 18.1 Å². The minimum absolute atomic E-state index is 0.0693. The Morgan fingerprint density at radius 2 is 2.14 bits per heavy atom. The van der Waals surface area contributed by atoms with Gasteiger partial charge in [0.25, 0.3) is 0 Å². The van der Waals surface area contributed by atoms with Gasteiger partial charge in [0.05, 0.1) is 12.1 Å². The Balaban J connectivity index is 2.44. The van der Waals surface area contributed by atoms with Crippen LogP contribution >= 0.6 is 0 Å². The van der Waals surface area contributed by atoms with Crippen LogP contribution in [0.15, 0.2) is 18.2 Å². The maximum atomic E-state index is 13.4. The molecule has 5 nitrogen and oxygen atoms in total. The zero-order chi connectivity index (χ0) is 16.1. The number of nitrogens with zero attached hydrogens (tertiary/aromatic N) is 1. The van der Waals surface area contributed by atoms with Crippen LogP contribution < -0.4 is 0 Å². The van der Waals surface area contributed by atoms with Gasteiger partial charge in [-0.1, -0.05) is 0 Å². The molecule has 2 rings (SSSR count). The van der Waals surface area contributed by atoms with Gasteiger partial charge in [-0.05, 0) is 38.0 Å². The van der Waals surface area contributed by atoms with E-state index in [1.54, 1.807) is 24.7 Å². The van der Waals surface area contributed by atoms with Crippen molar-refractivity contribution in [1.29, 1.82) is 0 Å². The molecule has 0 amide bonds. The number of carbonyl (C=O) groups is 1. The number of esters is 1. The molecule has 0 aliphatic heterocycles. The number of benzene rings is 1. The lowest BCUT2D eigenvalue weighted by Gasteiger charge is -2.10. The Bertz CT molecular complexity index is 666. The Labute approximate surface area is 128 Å². The Morgan fingerprint density at radius 1 is 1.36 bits per heavy atom. The third-order valence-corrected chi connectivity index (χ3v) is 3.45. The highest BCUT2D eigenvalue weighted by Gasteiger charge is 2.23. The van der Waals surface area contributed by atoms with E-state index in [2.05, 4.69) is 0 Å². The van der Waals surface area contributed by atoms with Crippen molar-refractivity contribution in [2.24, 2.45) is 0 Å². The molecule has 1 aromatic carbocycles. The van der Waals surface area contributed by atoms with Gasteiger partial charge in [0.2, 0.25) is 0 Å². The maximum absolute atomic E-state index is 13.4. The molecule has 0 aliphatic carbocycles. The van der Waals surface area contributed by atoms with Crippen LogP contribution in [0.5, 0.6) is 5.75 Å². The van der Waals surface area contributed by atoms with Crippen LogP contribution in [0.1, 0.15) is 30.3 Å². The molecular formula is C16H20FNO4. The topological polar surface area (TPSA) is 60.7 Å². The molecule has 0 saturated heterocycles. The van der Waals surface area contributed by atoms with Gasteiger partial charge in [-0.3, -0.25) is 0 Å². The lowest BCUT2D eigenvalue weighted by atomic mass is 10.2. The van der Waals surface area contributed by atoms with Gasteiger partial charge in [-0.15, -0.1) is 0 Å². The van der Waals surface area contributed by atoms with Gasteiger partial charge < -0.3 is 19.1 Å². The molecule has 0 atom stereocenters. The van der Waals surface area contributed by atoms with Crippen LogP contribution in [-0.2, 0) is 16.0 Å². The van der Waals surface area contributed by atoms with Gasteiger partial charge >= 0.3 is 5.97 Å². The first-order valence-electron chi connectivity index (χ1n) is 7.27. The molecule has 120 valence electrons. The van der Waals surface area contributed by atoms with E-state index in [0.717, 1.165) is 12.8 Å². The minimum Gasteiger partial charge on any atom is -0.505 e. The highest BCUT2D eigenvalue weighted by atomic mass is 19.1. The van der Waals surface area contributed by atoms with Crippen LogP contribution in [0.3, 0.4) is 0 Å². The van der Waals surface area contributed by atoms with Gasteiger partial charge in [0, 0.05) is 25.6 Å². The molecule has 0 bridgehead atoms. The summed E-state index contributed by atoms with van der Waals surface area (Å²) in [5.41, 5.74) is 0.680. The molecule has 0 aliphatic rings. The molecule has 0 radical (unpaired) electrons. The number of methoxy groups -OCH3 is 1. The molecule has 0 spiro atoms. The van der Waals surface area contributed by atoms with Gasteiger partial charge in [0.1, 0.15) is 5.82 Å². The van der Waals surface area contributed by atoms with Crippen molar-refractivity contribution < 1.29 is 23.8 Å². The number of aromatic hydroxyl groups is 1. The van der Waals surface area contributed by atoms with E-state index >= 15 is 0 Å². The van der Waals surface area contributed by atoms with Crippen molar-refractivity contribution in [3.05, 3.63) is 29.7 Å². The highest BCUT2D eigenvalue weighted by molar-refractivity contribution is 6.01. The molecular weight excluding hydrogens is 289 g/mol. The number of halogens is 1. The smallest absolute Gasteiger partial charge is 0.358 e. The number of aromatic nitrogens is 1. The number of hydrogen-bond donors (Lipinski definition) is 1. The van der Waals surface area contributed by atoms with Crippen LogP contribution in [0.4, 0.5) is 4.39 Å². The highest BCUT2D eigenvalue weighted by Crippen LogP contribution is 2.33. The van der Waals surface area contributed by atoms with Gasteiger partial charge in [-0.2, -0.15) is 0 Å². The summed E-state index contributed by atoms with van der Waals surface area (Å²) in [5.74, 6) is -1.31. The lowest BCUT2D eigenvalue weighted by Crippen LogP contribution is -2.13. The van der Waals surface area contributed by atoms with Crippen molar-refractivity contribution >= 4 is 16.9 Å². The standard InChI is InChI=1S/C16H20FNO4/c1-3-22-16(20)14-15(19)12-10-11(17)6-7-13(12)18(14)8-4-5-9-21-2/h6-7,10,19H,3-5,8-9H2,1-2H3. The summed E-state index contributed by atoms with van der Waals surface area (Å²) in [6, 6.07) is 4.09. The number of fused-ring (bicyclic) bond motifs is 1. The first-order chi connectivity index (χ1) is 10.6. The third kappa shape index (κ3) is 3.22. The fourth-order valence-electron chi connectivity index (χ4n) is 2.46. The summed E-state index contributed by atoms with van der Waals surface area (Å²) >= 11 is 0. The number of carbonyl (C=O) groups excluding carboxylic acids is 1. The monoisotopic (exact) mass is 309 g/mol. The quantitative estimate of drug-likeness (QED) is 0.630. The first kappa shape index (κ1) is 16.3. The van der Waals surface area contributed by atoms with Crippen LogP contribution in [0, 0.1) is 5.82 Å². The second kappa shape index (κ2) is 7.26. The van der Waals surface area contributed by atoms with E-state index < -0.39 is 11.8 Å². The molecule has 1 N–H and O–H groups in total. The normalized spacial score (nSPS) is 11.0. The molecule has 22 heavy (non-hydrogen) atoms. The van der Waals surface area contributed by atoms with Crippen molar-refractivity contribution in [2.45, 2.75) is 26.3 Å². The third-order valence-electron chi connectivity index (χ3n) is 3.45. The largest absolute Gasteiger partial charge is 0.505 e. The van der Waals surface area contributed by atoms with Crippen LogP contribution in [0.2, 0.25) is 0 Å². The Morgan fingerprint density at radius 3 is 2.82 bits per heavy atom. The summed E-state index contributed by atoms with van der Waals surface area (Å²) in [6.45, 7) is 3.03. The Hall–Kier alpha value is -2.08. The number of ether oxygens (including phenoxy) is 2. The maximum Gasteiger partial charge on any atom is 0.358 e. The second-order valence-electron chi connectivity index (χ2n) is 4.93. The number of unbranched alkanes of at least 4 members (excludes halogenated alkanes) is 1. The predicted octanol–water partition coefficient (Wildman–Crippen LogP) is 3.09. The molecule has 1 aromatic heterocycles. The fourth-order valence-corrected chi connectivity index (χ4v) is 2.46. The summed E-state index contributed by atoms with van der Waals surface area (Å²) in [6.07, 6.45) is 1.58. The summed E-state index contributed by atoms with van der Waals surface area (Å²) in [4.78, 5) is 12.1. The molecule has 1 heterocycles. The van der Waals surface area contributed by atoms with Crippen LogP contribution in [-0.4, -0.2) is 36.0 Å². The van der Waals surface area contributed by atoms with Crippen molar-refractivity contribution in [3.63, 3.8) is 0 Å². The Kier molecular flexibility index (Phi) is 5.38. The molecule has 0 unspecified atom stereocenters. The van der Waals surface area contributed by atoms with E-state index in [1.807, 2.05) is 0 Å². The van der Waals surface area contributed by atoms with E-state index in [0.29, 0.717) is 24.1 Å². The summed E-state index contributed by atoms with van der Waals surface area (Å²) in [5, 5.41) is 10.6. The van der Waals surface area contributed by atoms with Crippen molar-refractivity contribution in [2.75, 3.05) is 20.3 Å². The number of hydrogen-bond acceptors (Lipinski definition) is 4. The van der Waals surface area contributed by atoms with Gasteiger partial charge in [-0.25, -0.2) is 9.18 Å². The molecule has 0 fully saturated rings. The minimum atomic E-state index is -0.608. The average molecular weight is 309 g/mol. The zero-order valence-corrected chi connectivity index (χ0v) is 12.8. The summed E-state index contributed by atoms with van der Waals surface area (Å²) in [7, 11) is 1.63. The van der Waals surface area contributed by atoms with Crippen molar-refractivity contribution in [3.8, 4) is 5.75 Å². The van der Waals surface area contributed by atoms with Crippen molar-refractivity contribution in [1.82, 2.24) is 4.57 Å². The zero-order valence-electron chi connectivity index (χ0n) is 12.8. The molecule has 0 saturated carbocycles. The summed E-state index contributed by atoms with van der Waals surface area (Å²) < 4.78 is 25.1. The number of rotatable bonds is 7.